The van der Waals surface area contributed by atoms with Crippen LogP contribution in [0, 0.1) is 28.7 Å². The van der Waals surface area contributed by atoms with Crippen LogP contribution in [0.3, 0.4) is 0 Å². The predicted molar refractivity (Wildman–Crippen MR) is 58.4 cm³/mol. The molecular weight excluding hydrogens is 221 g/mol. The van der Waals surface area contributed by atoms with Gasteiger partial charge >= 0.3 is 0 Å². The Morgan fingerprint density at radius 2 is 1.47 bits per heavy atom. The highest BCUT2D eigenvalue weighted by Gasteiger charge is 2.21. The van der Waals surface area contributed by atoms with E-state index in [0.717, 1.165) is 5.69 Å². The third-order valence-corrected chi connectivity index (χ3v) is 2.50. The summed E-state index contributed by atoms with van der Waals surface area (Å²) in [6.07, 6.45) is 4.01. The smallest absolute Gasteiger partial charge is 0.182 e. The molecule has 0 atom stereocenters. The van der Waals surface area contributed by atoms with Gasteiger partial charge in [0.05, 0.1) is 0 Å². The molecule has 6 heteroatoms. The van der Waals surface area contributed by atoms with E-state index in [-0.39, 0.29) is 5.82 Å². The molecule has 0 unspecified atom stereocenters. The number of nitrogens with zero attached hydrogens (tertiary/aromatic N) is 5. The molecule has 0 amide bonds. The lowest BCUT2D eigenvalue weighted by Crippen LogP contribution is -2.51. The summed E-state index contributed by atoms with van der Waals surface area (Å²) >= 11 is 0. The Kier molecular flexibility index (Phi) is 2.97. The standard InChI is InChI=1S/C11H10FN5/c12-10-1-3-11(4-2-10)17-8-15(5-13)7-16(6-14)9-17/h1-4H,7-9H2. The fourth-order valence-corrected chi connectivity index (χ4v) is 1.69. The average molecular weight is 231 g/mol. The number of hydrogen-bond donors (Lipinski definition) is 0. The molecule has 1 aromatic rings. The zero-order valence-corrected chi connectivity index (χ0v) is 9.04. The van der Waals surface area contributed by atoms with Gasteiger partial charge in [0.15, 0.2) is 12.4 Å². The van der Waals surface area contributed by atoms with Crippen LogP contribution < -0.4 is 4.90 Å². The molecule has 0 radical (unpaired) electrons. The largest absolute Gasteiger partial charge is 0.335 e. The molecule has 1 fully saturated rings. The Hall–Kier alpha value is -2.47. The Morgan fingerprint density at radius 1 is 0.941 bits per heavy atom. The lowest BCUT2D eigenvalue weighted by atomic mass is 10.3. The van der Waals surface area contributed by atoms with Crippen molar-refractivity contribution < 1.29 is 4.39 Å². The minimum absolute atomic E-state index is 0.296. The van der Waals surface area contributed by atoms with Crippen LogP contribution in [0.1, 0.15) is 0 Å². The highest BCUT2D eigenvalue weighted by Crippen LogP contribution is 2.18. The van der Waals surface area contributed by atoms with Crippen LogP contribution >= 0.6 is 0 Å². The van der Waals surface area contributed by atoms with Crippen molar-refractivity contribution >= 4 is 5.69 Å². The molecule has 2 rings (SSSR count). The number of rotatable bonds is 1. The second-order valence-corrected chi connectivity index (χ2v) is 3.72. The predicted octanol–water partition coefficient (Wildman–Crippen LogP) is 1.08. The molecular formula is C11H10FN5. The van der Waals surface area contributed by atoms with Gasteiger partial charge in [0, 0.05) is 5.69 Å². The van der Waals surface area contributed by atoms with Crippen LogP contribution in [0.5, 0.6) is 0 Å². The third kappa shape index (κ3) is 2.37. The second-order valence-electron chi connectivity index (χ2n) is 3.72. The van der Waals surface area contributed by atoms with Crippen LogP contribution in [0.4, 0.5) is 10.1 Å². The van der Waals surface area contributed by atoms with Crippen molar-refractivity contribution in [3.8, 4) is 12.4 Å². The first-order valence-electron chi connectivity index (χ1n) is 5.03. The third-order valence-electron chi connectivity index (χ3n) is 2.50. The maximum absolute atomic E-state index is 12.8. The fourth-order valence-electron chi connectivity index (χ4n) is 1.69. The van der Waals surface area contributed by atoms with Crippen LogP contribution in [0.25, 0.3) is 0 Å². The summed E-state index contributed by atoms with van der Waals surface area (Å²) < 4.78 is 12.8. The Morgan fingerprint density at radius 3 is 1.94 bits per heavy atom. The van der Waals surface area contributed by atoms with E-state index in [1.165, 1.54) is 21.9 Å². The molecule has 1 aliphatic heterocycles. The lowest BCUT2D eigenvalue weighted by Gasteiger charge is -2.38. The Bertz CT molecular complexity index is 450. The van der Waals surface area contributed by atoms with E-state index in [1.54, 1.807) is 12.1 Å². The van der Waals surface area contributed by atoms with Gasteiger partial charge in [0.25, 0.3) is 0 Å². The van der Waals surface area contributed by atoms with Crippen LogP contribution in [0.2, 0.25) is 0 Å². The van der Waals surface area contributed by atoms with Crippen molar-refractivity contribution in [1.29, 1.82) is 10.5 Å². The molecule has 0 N–H and O–H groups in total. The van der Waals surface area contributed by atoms with Gasteiger partial charge < -0.3 is 4.90 Å². The molecule has 86 valence electrons. The summed E-state index contributed by atoms with van der Waals surface area (Å²) in [5.74, 6) is -0.306. The first-order valence-corrected chi connectivity index (χ1v) is 5.03. The number of nitriles is 2. The summed E-state index contributed by atoms with van der Waals surface area (Å²) in [7, 11) is 0. The summed E-state index contributed by atoms with van der Waals surface area (Å²) in [4.78, 5) is 4.74. The van der Waals surface area contributed by atoms with Crippen molar-refractivity contribution in [2.24, 2.45) is 0 Å². The number of hydrogen-bond acceptors (Lipinski definition) is 5. The van der Waals surface area contributed by atoms with Crippen molar-refractivity contribution in [3.05, 3.63) is 30.1 Å². The molecule has 5 nitrogen and oxygen atoms in total. The van der Waals surface area contributed by atoms with E-state index in [9.17, 15) is 4.39 Å². The zero-order chi connectivity index (χ0) is 12.3. The summed E-state index contributed by atoms with van der Waals surface area (Å²) in [5, 5.41) is 17.7. The second kappa shape index (κ2) is 4.58. The van der Waals surface area contributed by atoms with E-state index in [4.69, 9.17) is 10.5 Å². The van der Waals surface area contributed by atoms with E-state index in [0.29, 0.717) is 20.0 Å². The van der Waals surface area contributed by atoms with Crippen molar-refractivity contribution in [2.45, 2.75) is 0 Å². The van der Waals surface area contributed by atoms with Crippen LogP contribution in [-0.2, 0) is 0 Å². The van der Waals surface area contributed by atoms with Gasteiger partial charge in [-0.3, -0.25) is 9.80 Å². The van der Waals surface area contributed by atoms with Gasteiger partial charge in [-0.05, 0) is 24.3 Å². The molecule has 1 saturated heterocycles. The molecule has 0 aromatic heterocycles. The highest BCUT2D eigenvalue weighted by atomic mass is 19.1. The Labute approximate surface area is 98.5 Å². The molecule has 1 aliphatic rings. The van der Waals surface area contributed by atoms with E-state index >= 15 is 0 Å². The normalized spacial score (nSPS) is 15.4. The molecule has 17 heavy (non-hydrogen) atoms. The summed E-state index contributed by atoms with van der Waals surface area (Å²) in [6.45, 7) is 1.10. The fraction of sp³-hybridized carbons (Fsp3) is 0.273. The minimum atomic E-state index is -0.306. The monoisotopic (exact) mass is 231 g/mol. The van der Waals surface area contributed by atoms with Gasteiger partial charge in [-0.15, -0.1) is 0 Å². The first kappa shape index (κ1) is 11.0. The van der Waals surface area contributed by atoms with Crippen molar-refractivity contribution in [1.82, 2.24) is 9.80 Å². The minimum Gasteiger partial charge on any atom is -0.335 e. The first-order chi connectivity index (χ1) is 8.22. The van der Waals surface area contributed by atoms with Crippen molar-refractivity contribution in [3.63, 3.8) is 0 Å². The van der Waals surface area contributed by atoms with Gasteiger partial charge in [0.2, 0.25) is 0 Å². The quantitative estimate of drug-likeness (QED) is 0.677. The van der Waals surface area contributed by atoms with Gasteiger partial charge in [-0.25, -0.2) is 4.39 Å². The van der Waals surface area contributed by atoms with Gasteiger partial charge in [-0.1, -0.05) is 0 Å². The summed E-state index contributed by atoms with van der Waals surface area (Å²) in [5.41, 5.74) is 0.784. The SMILES string of the molecule is N#CN1CN(C#N)CN(c2ccc(F)cc2)C1. The molecule has 0 spiro atoms. The molecule has 0 saturated carbocycles. The van der Waals surface area contributed by atoms with Crippen LogP contribution in [0.15, 0.2) is 24.3 Å². The number of benzene rings is 1. The van der Waals surface area contributed by atoms with E-state index in [2.05, 4.69) is 0 Å². The topological polar surface area (TPSA) is 57.3 Å². The zero-order valence-electron chi connectivity index (χ0n) is 9.04. The molecule has 1 heterocycles. The maximum Gasteiger partial charge on any atom is 0.182 e. The molecule has 0 aliphatic carbocycles. The lowest BCUT2D eigenvalue weighted by molar-refractivity contribution is 0.189. The van der Waals surface area contributed by atoms with Crippen molar-refractivity contribution in [2.75, 3.05) is 24.9 Å². The Balaban J connectivity index is 2.18. The van der Waals surface area contributed by atoms with Gasteiger partial charge in [0.1, 0.15) is 25.8 Å². The van der Waals surface area contributed by atoms with E-state index in [1.807, 2.05) is 17.3 Å². The molecule has 0 bridgehead atoms. The summed E-state index contributed by atoms with van der Waals surface area (Å²) in [6, 6.07) is 5.98. The van der Waals surface area contributed by atoms with E-state index < -0.39 is 0 Å². The average Bonchev–Trinajstić information content (AvgIpc) is 2.39. The van der Waals surface area contributed by atoms with Crippen LogP contribution in [-0.4, -0.2) is 29.8 Å². The maximum atomic E-state index is 12.8. The highest BCUT2D eigenvalue weighted by molar-refractivity contribution is 5.46. The number of halogens is 1. The van der Waals surface area contributed by atoms with Gasteiger partial charge in [-0.2, -0.15) is 10.5 Å². The number of anilines is 1. The molecule has 1 aromatic carbocycles.